The molecule has 2 aromatic heterocycles. The summed E-state index contributed by atoms with van der Waals surface area (Å²) < 4.78 is 0.983. The number of aromatic amines is 2. The van der Waals surface area contributed by atoms with Crippen LogP contribution in [-0.2, 0) is 0 Å². The Hall–Kier alpha value is -2.01. The van der Waals surface area contributed by atoms with Gasteiger partial charge in [-0.15, -0.1) is 0 Å². The number of para-hydroxylation sites is 1. The third kappa shape index (κ3) is 1.73. The lowest BCUT2D eigenvalue weighted by molar-refractivity contribution is 0.0691. The molecule has 0 aliphatic heterocycles. The van der Waals surface area contributed by atoms with Crippen LogP contribution in [0.15, 0.2) is 40.9 Å². The molecule has 0 saturated heterocycles. The van der Waals surface area contributed by atoms with E-state index in [-0.39, 0.29) is 5.69 Å². The average Bonchev–Trinajstić information content (AvgIpc) is 2.95. The van der Waals surface area contributed by atoms with Gasteiger partial charge in [0.25, 0.3) is 0 Å². The number of nitrogens with one attached hydrogen (secondary N) is 2. The van der Waals surface area contributed by atoms with E-state index in [9.17, 15) is 4.79 Å². The maximum Gasteiger partial charge on any atom is 0.352 e. The molecule has 3 N–H and O–H groups in total. The normalized spacial score (nSPS) is 10.9. The van der Waals surface area contributed by atoms with E-state index in [2.05, 4.69) is 25.9 Å². The zero-order valence-electron chi connectivity index (χ0n) is 9.20. The fourth-order valence-corrected chi connectivity index (χ4v) is 2.42. The minimum Gasteiger partial charge on any atom is -0.477 e. The van der Waals surface area contributed by atoms with E-state index >= 15 is 0 Å². The molecule has 2 heterocycles. The fraction of sp³-hybridized carbons (Fsp3) is 0. The van der Waals surface area contributed by atoms with Gasteiger partial charge in [0.2, 0.25) is 0 Å². The maximum absolute atomic E-state index is 10.8. The van der Waals surface area contributed by atoms with Crippen molar-refractivity contribution in [2.45, 2.75) is 0 Å². The molecule has 0 spiro atoms. The minimum atomic E-state index is -0.960. The van der Waals surface area contributed by atoms with Crippen molar-refractivity contribution in [3.05, 3.63) is 46.6 Å². The van der Waals surface area contributed by atoms with Crippen LogP contribution >= 0.6 is 15.9 Å². The van der Waals surface area contributed by atoms with Crippen molar-refractivity contribution in [3.63, 3.8) is 0 Å². The summed E-state index contributed by atoms with van der Waals surface area (Å²) in [6.07, 6.45) is 0. The van der Waals surface area contributed by atoms with Gasteiger partial charge < -0.3 is 15.1 Å². The molecule has 0 radical (unpaired) electrons. The highest BCUT2D eigenvalue weighted by Gasteiger charge is 2.10. The van der Waals surface area contributed by atoms with Crippen molar-refractivity contribution in [3.8, 4) is 11.4 Å². The lowest BCUT2D eigenvalue weighted by Gasteiger charge is -1.93. The van der Waals surface area contributed by atoms with Gasteiger partial charge in [0.15, 0.2) is 0 Å². The van der Waals surface area contributed by atoms with Crippen LogP contribution in [0.25, 0.3) is 22.3 Å². The van der Waals surface area contributed by atoms with Crippen LogP contribution in [0, 0.1) is 0 Å². The summed E-state index contributed by atoms with van der Waals surface area (Å²) in [6.45, 7) is 0. The van der Waals surface area contributed by atoms with Gasteiger partial charge >= 0.3 is 5.97 Å². The first-order valence-corrected chi connectivity index (χ1v) is 6.14. The molecule has 3 aromatic rings. The first-order valence-electron chi connectivity index (χ1n) is 5.35. The zero-order chi connectivity index (χ0) is 12.7. The lowest BCUT2D eigenvalue weighted by Crippen LogP contribution is -1.95. The van der Waals surface area contributed by atoms with Crippen LogP contribution in [0.5, 0.6) is 0 Å². The van der Waals surface area contributed by atoms with E-state index in [1.54, 1.807) is 12.1 Å². The van der Waals surface area contributed by atoms with Gasteiger partial charge in [0.1, 0.15) is 5.69 Å². The number of carbonyl (C=O) groups is 1. The maximum atomic E-state index is 10.8. The molecule has 0 aliphatic rings. The highest BCUT2D eigenvalue weighted by atomic mass is 79.9. The average molecular weight is 305 g/mol. The second kappa shape index (κ2) is 4.03. The van der Waals surface area contributed by atoms with Crippen LogP contribution < -0.4 is 0 Å². The Morgan fingerprint density at radius 1 is 1.11 bits per heavy atom. The monoisotopic (exact) mass is 304 g/mol. The number of rotatable bonds is 2. The molecule has 5 heteroatoms. The zero-order valence-corrected chi connectivity index (χ0v) is 10.8. The molecule has 0 bridgehead atoms. The fourth-order valence-electron chi connectivity index (χ4n) is 1.94. The molecular formula is C13H9BrN2O2. The number of hydrogen-bond acceptors (Lipinski definition) is 1. The molecule has 1 aromatic carbocycles. The molecule has 0 unspecified atom stereocenters. The summed E-state index contributed by atoms with van der Waals surface area (Å²) in [7, 11) is 0. The van der Waals surface area contributed by atoms with Gasteiger partial charge in [-0.2, -0.15) is 0 Å². The number of H-pyrrole nitrogens is 2. The summed E-state index contributed by atoms with van der Waals surface area (Å²) in [4.78, 5) is 16.9. The Balaban J connectivity index is 2.13. The van der Waals surface area contributed by atoms with Crippen molar-refractivity contribution in [2.24, 2.45) is 0 Å². The minimum absolute atomic E-state index is 0.183. The van der Waals surface area contributed by atoms with Gasteiger partial charge in [-0.1, -0.05) is 12.1 Å². The van der Waals surface area contributed by atoms with Gasteiger partial charge in [-0.05, 0) is 40.2 Å². The third-order valence-corrected chi connectivity index (χ3v) is 3.47. The molecule has 90 valence electrons. The van der Waals surface area contributed by atoms with Crippen molar-refractivity contribution >= 4 is 32.8 Å². The molecule has 4 nitrogen and oxygen atoms in total. The van der Waals surface area contributed by atoms with E-state index in [1.165, 1.54) is 0 Å². The van der Waals surface area contributed by atoms with E-state index in [0.717, 1.165) is 26.8 Å². The van der Waals surface area contributed by atoms with Crippen LogP contribution in [0.4, 0.5) is 0 Å². The SMILES string of the molecule is O=C(O)c1ccc(-c2cc3cccc(Br)c3[nH]2)[nH]1. The number of carboxylic acids is 1. The number of aromatic nitrogens is 2. The lowest BCUT2D eigenvalue weighted by atomic mass is 10.2. The molecule has 0 amide bonds. The molecule has 0 fully saturated rings. The van der Waals surface area contributed by atoms with Crippen LogP contribution in [0.3, 0.4) is 0 Å². The Labute approximate surface area is 111 Å². The summed E-state index contributed by atoms with van der Waals surface area (Å²) in [5, 5.41) is 9.95. The van der Waals surface area contributed by atoms with Gasteiger partial charge in [0, 0.05) is 9.86 Å². The summed E-state index contributed by atoms with van der Waals surface area (Å²) >= 11 is 3.48. The number of carboxylic acid groups (broad SMARTS) is 1. The second-order valence-corrected chi connectivity index (χ2v) is 4.83. The van der Waals surface area contributed by atoms with Crippen LogP contribution in [0.2, 0.25) is 0 Å². The molecule has 0 aliphatic carbocycles. The molecule has 3 rings (SSSR count). The second-order valence-electron chi connectivity index (χ2n) is 3.98. The molecular weight excluding hydrogens is 296 g/mol. The van der Waals surface area contributed by atoms with E-state index in [0.29, 0.717) is 0 Å². The van der Waals surface area contributed by atoms with Crippen LogP contribution in [0.1, 0.15) is 10.5 Å². The first-order chi connectivity index (χ1) is 8.65. The third-order valence-electron chi connectivity index (χ3n) is 2.81. The largest absolute Gasteiger partial charge is 0.477 e. The van der Waals surface area contributed by atoms with E-state index < -0.39 is 5.97 Å². The summed E-state index contributed by atoms with van der Waals surface area (Å²) in [5.41, 5.74) is 2.81. The van der Waals surface area contributed by atoms with Crippen molar-refractivity contribution in [1.82, 2.24) is 9.97 Å². The number of halogens is 1. The molecule has 0 saturated carbocycles. The Morgan fingerprint density at radius 3 is 2.61 bits per heavy atom. The predicted molar refractivity (Wildman–Crippen MR) is 72.7 cm³/mol. The van der Waals surface area contributed by atoms with Gasteiger partial charge in [0.05, 0.1) is 16.9 Å². The number of fused-ring (bicyclic) bond motifs is 1. The number of aromatic carboxylic acids is 1. The number of hydrogen-bond donors (Lipinski definition) is 3. The topological polar surface area (TPSA) is 68.9 Å². The van der Waals surface area contributed by atoms with Crippen LogP contribution in [-0.4, -0.2) is 21.0 Å². The summed E-state index contributed by atoms with van der Waals surface area (Å²) in [5.74, 6) is -0.960. The van der Waals surface area contributed by atoms with Crippen molar-refractivity contribution < 1.29 is 9.90 Å². The van der Waals surface area contributed by atoms with Gasteiger partial charge in [-0.25, -0.2) is 4.79 Å². The molecule has 18 heavy (non-hydrogen) atoms. The Morgan fingerprint density at radius 2 is 1.94 bits per heavy atom. The Bertz CT molecular complexity index is 742. The molecule has 0 atom stereocenters. The van der Waals surface area contributed by atoms with Crippen molar-refractivity contribution in [2.75, 3.05) is 0 Å². The standard InChI is InChI=1S/C13H9BrN2O2/c14-8-3-1-2-7-6-11(16-12(7)8)9-4-5-10(15-9)13(17)18/h1-6,15-16H,(H,17,18). The first kappa shape index (κ1) is 11.1. The van der Waals surface area contributed by atoms with Gasteiger partial charge in [-0.3, -0.25) is 0 Å². The predicted octanol–water partition coefficient (Wildman–Crippen LogP) is 3.62. The van der Waals surface area contributed by atoms with E-state index in [1.807, 2.05) is 24.3 Å². The van der Waals surface area contributed by atoms with E-state index in [4.69, 9.17) is 5.11 Å². The number of benzene rings is 1. The Kier molecular flexibility index (Phi) is 2.48. The highest BCUT2D eigenvalue weighted by molar-refractivity contribution is 9.10. The van der Waals surface area contributed by atoms with Crippen molar-refractivity contribution in [1.29, 1.82) is 0 Å². The summed E-state index contributed by atoms with van der Waals surface area (Å²) in [6, 6.07) is 11.2. The smallest absolute Gasteiger partial charge is 0.352 e. The quantitative estimate of drug-likeness (QED) is 0.677. The highest BCUT2D eigenvalue weighted by Crippen LogP contribution is 2.28.